The summed E-state index contributed by atoms with van der Waals surface area (Å²) < 4.78 is 10.0. The topological polar surface area (TPSA) is 64.7 Å². The third kappa shape index (κ3) is 2.17. The zero-order chi connectivity index (χ0) is 9.03. The summed E-state index contributed by atoms with van der Waals surface area (Å²) in [7, 11) is 1.58. The van der Waals surface area contributed by atoms with Crippen LogP contribution in [0.2, 0.25) is 0 Å². The molecule has 1 aliphatic rings. The molecule has 0 aromatic heterocycles. The molecule has 0 aromatic rings. The number of ether oxygens (including phenoxy) is 2. The molecule has 12 heavy (non-hydrogen) atoms. The molecule has 0 spiro atoms. The van der Waals surface area contributed by atoms with E-state index in [-0.39, 0.29) is 6.04 Å². The van der Waals surface area contributed by atoms with Gasteiger partial charge in [0.25, 0.3) is 0 Å². The van der Waals surface area contributed by atoms with Gasteiger partial charge in [-0.25, -0.2) is 0 Å². The fourth-order valence-electron chi connectivity index (χ4n) is 1.43. The number of hydrogen-bond donors (Lipinski definition) is 2. The van der Waals surface area contributed by atoms with Gasteiger partial charge in [0.15, 0.2) is 0 Å². The van der Waals surface area contributed by atoms with Gasteiger partial charge in [-0.1, -0.05) is 0 Å². The Morgan fingerprint density at radius 3 is 3.00 bits per heavy atom. The minimum Gasteiger partial charge on any atom is -0.386 e. The highest BCUT2D eigenvalue weighted by atomic mass is 16.5. The smallest absolute Gasteiger partial charge is 0.105 e. The van der Waals surface area contributed by atoms with Gasteiger partial charge in [-0.2, -0.15) is 0 Å². The van der Waals surface area contributed by atoms with Crippen LogP contribution in [-0.2, 0) is 9.47 Å². The second-order valence-corrected chi connectivity index (χ2v) is 3.32. The lowest BCUT2D eigenvalue weighted by Crippen LogP contribution is -2.55. The number of hydrogen-bond acceptors (Lipinski definition) is 4. The number of aliphatic hydroxyl groups is 1. The lowest BCUT2D eigenvalue weighted by Gasteiger charge is -2.36. The zero-order valence-electron chi connectivity index (χ0n) is 7.45. The maximum Gasteiger partial charge on any atom is 0.105 e. The monoisotopic (exact) mass is 175 g/mol. The van der Waals surface area contributed by atoms with Gasteiger partial charge in [-0.3, -0.25) is 0 Å². The Labute approximate surface area is 72.6 Å². The predicted octanol–water partition coefficient (Wildman–Crippen LogP) is -0.498. The summed E-state index contributed by atoms with van der Waals surface area (Å²) in [6, 6.07) is -0.345. The van der Waals surface area contributed by atoms with Crippen LogP contribution in [0.25, 0.3) is 0 Å². The summed E-state index contributed by atoms with van der Waals surface area (Å²) in [5, 5.41) is 9.94. The molecule has 0 aromatic carbocycles. The van der Waals surface area contributed by atoms with Crippen LogP contribution in [0.15, 0.2) is 0 Å². The van der Waals surface area contributed by atoms with Crippen LogP contribution >= 0.6 is 0 Å². The fraction of sp³-hybridized carbons (Fsp3) is 1.00. The van der Waals surface area contributed by atoms with E-state index >= 15 is 0 Å². The number of nitrogens with two attached hydrogens (primary N) is 1. The van der Waals surface area contributed by atoms with Gasteiger partial charge in [0.2, 0.25) is 0 Å². The van der Waals surface area contributed by atoms with Gasteiger partial charge < -0.3 is 20.3 Å². The molecule has 1 rings (SSSR count). The highest BCUT2D eigenvalue weighted by molar-refractivity contribution is 4.91. The Morgan fingerprint density at radius 2 is 2.50 bits per heavy atom. The molecular weight excluding hydrogens is 158 g/mol. The largest absolute Gasteiger partial charge is 0.386 e. The van der Waals surface area contributed by atoms with Crippen LogP contribution in [0, 0.1) is 0 Å². The van der Waals surface area contributed by atoms with Crippen LogP contribution in [0.5, 0.6) is 0 Å². The molecule has 1 heterocycles. The molecule has 3 N–H and O–H groups in total. The molecule has 0 aliphatic carbocycles. The van der Waals surface area contributed by atoms with Crippen LogP contribution in [-0.4, -0.2) is 43.7 Å². The van der Waals surface area contributed by atoms with E-state index in [1.807, 2.05) is 0 Å². The fourth-order valence-corrected chi connectivity index (χ4v) is 1.43. The standard InChI is InChI=1S/C8H17NO3/c1-11-5-7(9)8(10)3-2-4-12-6-8/h7,10H,2-6,9H2,1H3. The molecule has 72 valence electrons. The lowest BCUT2D eigenvalue weighted by molar-refractivity contribution is -0.108. The van der Waals surface area contributed by atoms with E-state index in [0.29, 0.717) is 19.6 Å². The summed E-state index contributed by atoms with van der Waals surface area (Å²) in [5.41, 5.74) is 4.86. The van der Waals surface area contributed by atoms with Crippen molar-refractivity contribution in [3.05, 3.63) is 0 Å². The quantitative estimate of drug-likeness (QED) is 0.607. The van der Waals surface area contributed by atoms with Crippen molar-refractivity contribution >= 4 is 0 Å². The maximum absolute atomic E-state index is 9.94. The first-order valence-electron chi connectivity index (χ1n) is 4.24. The highest BCUT2D eigenvalue weighted by Crippen LogP contribution is 2.21. The lowest BCUT2D eigenvalue weighted by atomic mass is 9.89. The average Bonchev–Trinajstić information content (AvgIpc) is 2.06. The third-order valence-electron chi connectivity index (χ3n) is 2.29. The second kappa shape index (κ2) is 4.18. The Bertz CT molecular complexity index is 134. The van der Waals surface area contributed by atoms with Crippen molar-refractivity contribution in [3.63, 3.8) is 0 Å². The third-order valence-corrected chi connectivity index (χ3v) is 2.29. The van der Waals surface area contributed by atoms with Crippen molar-refractivity contribution < 1.29 is 14.6 Å². The SMILES string of the molecule is COCC(N)C1(O)CCCOC1. The molecule has 0 saturated carbocycles. The van der Waals surface area contributed by atoms with Crippen LogP contribution in [0.1, 0.15) is 12.8 Å². The minimum atomic E-state index is -0.881. The Morgan fingerprint density at radius 1 is 1.75 bits per heavy atom. The van der Waals surface area contributed by atoms with Crippen LogP contribution in [0.3, 0.4) is 0 Å². The van der Waals surface area contributed by atoms with Crippen LogP contribution < -0.4 is 5.73 Å². The van der Waals surface area contributed by atoms with E-state index < -0.39 is 5.60 Å². The molecule has 0 bridgehead atoms. The second-order valence-electron chi connectivity index (χ2n) is 3.32. The first-order chi connectivity index (χ1) is 5.69. The van der Waals surface area contributed by atoms with Gasteiger partial charge in [-0.05, 0) is 12.8 Å². The number of methoxy groups -OCH3 is 1. The van der Waals surface area contributed by atoms with Crippen molar-refractivity contribution in [1.82, 2.24) is 0 Å². The first-order valence-corrected chi connectivity index (χ1v) is 4.24. The minimum absolute atomic E-state index is 0.331. The summed E-state index contributed by atoms with van der Waals surface area (Å²) in [6.45, 7) is 1.43. The van der Waals surface area contributed by atoms with Gasteiger partial charge in [-0.15, -0.1) is 0 Å². The predicted molar refractivity (Wildman–Crippen MR) is 44.9 cm³/mol. The summed E-state index contributed by atoms with van der Waals surface area (Å²) >= 11 is 0. The molecule has 4 heteroatoms. The van der Waals surface area contributed by atoms with E-state index in [4.69, 9.17) is 15.2 Å². The van der Waals surface area contributed by atoms with Crippen molar-refractivity contribution in [2.24, 2.45) is 5.73 Å². The Hall–Kier alpha value is -0.160. The van der Waals surface area contributed by atoms with E-state index in [1.54, 1.807) is 7.11 Å². The van der Waals surface area contributed by atoms with E-state index in [0.717, 1.165) is 13.0 Å². The van der Waals surface area contributed by atoms with E-state index in [1.165, 1.54) is 0 Å². The van der Waals surface area contributed by atoms with E-state index in [2.05, 4.69) is 0 Å². The number of rotatable bonds is 3. The Balaban J connectivity index is 2.44. The molecule has 2 atom stereocenters. The zero-order valence-corrected chi connectivity index (χ0v) is 7.45. The molecule has 0 amide bonds. The normalized spacial score (nSPS) is 33.2. The molecule has 1 fully saturated rings. The van der Waals surface area contributed by atoms with Crippen molar-refractivity contribution in [1.29, 1.82) is 0 Å². The van der Waals surface area contributed by atoms with Crippen LogP contribution in [0.4, 0.5) is 0 Å². The molecule has 2 unspecified atom stereocenters. The maximum atomic E-state index is 9.94. The first kappa shape index (κ1) is 9.92. The molecule has 4 nitrogen and oxygen atoms in total. The summed E-state index contributed by atoms with van der Waals surface area (Å²) in [5.74, 6) is 0. The van der Waals surface area contributed by atoms with Crippen molar-refractivity contribution in [2.45, 2.75) is 24.5 Å². The highest BCUT2D eigenvalue weighted by Gasteiger charge is 2.36. The average molecular weight is 175 g/mol. The van der Waals surface area contributed by atoms with Gasteiger partial charge in [0, 0.05) is 13.7 Å². The van der Waals surface area contributed by atoms with Crippen molar-refractivity contribution in [3.8, 4) is 0 Å². The van der Waals surface area contributed by atoms with Gasteiger partial charge in [0.05, 0.1) is 19.3 Å². The molecule has 1 aliphatic heterocycles. The summed E-state index contributed by atoms with van der Waals surface area (Å²) in [4.78, 5) is 0. The Kier molecular flexibility index (Phi) is 3.46. The van der Waals surface area contributed by atoms with Gasteiger partial charge >= 0.3 is 0 Å². The molecule has 1 saturated heterocycles. The molecular formula is C8H17NO3. The van der Waals surface area contributed by atoms with Gasteiger partial charge in [0.1, 0.15) is 5.60 Å². The van der Waals surface area contributed by atoms with E-state index in [9.17, 15) is 5.11 Å². The molecule has 0 radical (unpaired) electrons. The van der Waals surface area contributed by atoms with Crippen molar-refractivity contribution in [2.75, 3.05) is 26.9 Å². The summed E-state index contributed by atoms with van der Waals surface area (Å²) in [6.07, 6.45) is 1.57.